The van der Waals surface area contributed by atoms with Gasteiger partial charge in [-0.2, -0.15) is 0 Å². The Morgan fingerprint density at radius 2 is 2.00 bits per heavy atom. The molecule has 5 nitrogen and oxygen atoms in total. The average Bonchev–Trinajstić information content (AvgIpc) is 2.41. The first-order chi connectivity index (χ1) is 8.79. The van der Waals surface area contributed by atoms with Crippen LogP contribution in [-0.4, -0.2) is 26.5 Å². The molecule has 2 rings (SSSR count). The van der Waals surface area contributed by atoms with Crippen molar-refractivity contribution in [1.82, 2.24) is 19.9 Å². The smallest absolute Gasteiger partial charge is 0.223 e. The number of nitrogens with zero attached hydrogens (tertiary/aromatic N) is 4. The van der Waals surface area contributed by atoms with Crippen LogP contribution in [0, 0.1) is 6.92 Å². The number of anilines is 1. The van der Waals surface area contributed by atoms with Crippen molar-refractivity contribution in [3.05, 3.63) is 30.2 Å². The molecule has 0 unspecified atom stereocenters. The Hall–Kier alpha value is -1.69. The van der Waals surface area contributed by atoms with Gasteiger partial charge in [0.1, 0.15) is 5.03 Å². The summed E-state index contributed by atoms with van der Waals surface area (Å²) in [6.45, 7) is 4.96. The number of hydrogen-bond acceptors (Lipinski definition) is 6. The van der Waals surface area contributed by atoms with E-state index in [0.717, 1.165) is 23.6 Å². The molecule has 0 aliphatic heterocycles. The maximum absolute atomic E-state index is 4.47. The third kappa shape index (κ3) is 3.40. The van der Waals surface area contributed by atoms with Crippen LogP contribution in [0.3, 0.4) is 0 Å². The number of aryl methyl sites for hydroxylation is 1. The molecule has 94 valence electrons. The highest BCUT2D eigenvalue weighted by Crippen LogP contribution is 2.25. The molecule has 18 heavy (non-hydrogen) atoms. The van der Waals surface area contributed by atoms with E-state index >= 15 is 0 Å². The predicted molar refractivity (Wildman–Crippen MR) is 71.7 cm³/mol. The van der Waals surface area contributed by atoms with E-state index in [2.05, 4.69) is 32.2 Å². The maximum Gasteiger partial charge on any atom is 0.223 e. The molecule has 0 aliphatic carbocycles. The zero-order valence-electron chi connectivity index (χ0n) is 10.4. The summed E-state index contributed by atoms with van der Waals surface area (Å²) in [5.41, 5.74) is 1.02. The van der Waals surface area contributed by atoms with E-state index in [1.165, 1.54) is 11.8 Å². The molecule has 0 aliphatic rings. The average molecular weight is 261 g/mol. The van der Waals surface area contributed by atoms with E-state index in [1.54, 1.807) is 18.5 Å². The molecule has 0 amide bonds. The molecule has 0 bridgehead atoms. The van der Waals surface area contributed by atoms with E-state index < -0.39 is 0 Å². The lowest BCUT2D eigenvalue weighted by atomic mass is 10.4. The lowest BCUT2D eigenvalue weighted by Gasteiger charge is -2.06. The van der Waals surface area contributed by atoms with Crippen molar-refractivity contribution in [1.29, 1.82) is 0 Å². The highest BCUT2D eigenvalue weighted by atomic mass is 32.2. The van der Waals surface area contributed by atoms with Gasteiger partial charge in [0.2, 0.25) is 5.95 Å². The fourth-order valence-corrected chi connectivity index (χ4v) is 2.02. The van der Waals surface area contributed by atoms with Gasteiger partial charge in [-0.25, -0.2) is 19.9 Å². The number of aromatic nitrogens is 4. The molecule has 0 saturated heterocycles. The molecule has 2 heterocycles. The molecular weight excluding hydrogens is 246 g/mol. The van der Waals surface area contributed by atoms with Gasteiger partial charge in [-0.05, 0) is 31.2 Å². The van der Waals surface area contributed by atoms with Gasteiger partial charge in [-0.3, -0.25) is 0 Å². The standard InChI is InChI=1S/C12H15N5S/c1-3-5-13-11-16-8-9(2)10(17-11)18-12-14-6-4-7-15-12/h4,6-8H,3,5H2,1-2H3,(H,13,16,17). The van der Waals surface area contributed by atoms with Gasteiger partial charge in [-0.15, -0.1) is 0 Å². The van der Waals surface area contributed by atoms with Crippen molar-refractivity contribution in [2.45, 2.75) is 30.5 Å². The SMILES string of the molecule is CCCNc1ncc(C)c(Sc2ncccn2)n1. The predicted octanol–water partition coefficient (Wildman–Crippen LogP) is 2.55. The van der Waals surface area contributed by atoms with E-state index in [0.29, 0.717) is 11.1 Å². The monoisotopic (exact) mass is 261 g/mol. The van der Waals surface area contributed by atoms with Crippen LogP contribution in [0.1, 0.15) is 18.9 Å². The van der Waals surface area contributed by atoms with Crippen LogP contribution < -0.4 is 5.32 Å². The van der Waals surface area contributed by atoms with Crippen LogP contribution >= 0.6 is 11.8 Å². The quantitative estimate of drug-likeness (QED) is 0.659. The van der Waals surface area contributed by atoms with Gasteiger partial charge in [0.25, 0.3) is 0 Å². The second-order valence-electron chi connectivity index (χ2n) is 3.74. The second kappa shape index (κ2) is 6.30. The normalized spacial score (nSPS) is 10.3. The van der Waals surface area contributed by atoms with Crippen molar-refractivity contribution in [3.63, 3.8) is 0 Å². The van der Waals surface area contributed by atoms with Crippen molar-refractivity contribution >= 4 is 17.7 Å². The third-order valence-electron chi connectivity index (χ3n) is 2.19. The first-order valence-electron chi connectivity index (χ1n) is 5.82. The molecule has 1 N–H and O–H groups in total. The van der Waals surface area contributed by atoms with Gasteiger partial charge in [0.15, 0.2) is 5.16 Å². The Bertz CT molecular complexity index is 503. The molecule has 0 radical (unpaired) electrons. The fourth-order valence-electron chi connectivity index (χ4n) is 1.28. The van der Waals surface area contributed by atoms with Crippen molar-refractivity contribution < 1.29 is 0 Å². The molecule has 0 atom stereocenters. The second-order valence-corrected chi connectivity index (χ2v) is 4.70. The topological polar surface area (TPSA) is 63.6 Å². The van der Waals surface area contributed by atoms with Crippen LogP contribution in [0.4, 0.5) is 5.95 Å². The molecule has 0 aromatic carbocycles. The Labute approximate surface area is 110 Å². The molecule has 6 heteroatoms. The van der Waals surface area contributed by atoms with Crippen LogP contribution in [0.5, 0.6) is 0 Å². The summed E-state index contributed by atoms with van der Waals surface area (Å²) in [4.78, 5) is 17.1. The largest absolute Gasteiger partial charge is 0.354 e. The lowest BCUT2D eigenvalue weighted by molar-refractivity contribution is 0.917. The minimum absolute atomic E-state index is 0.654. The Kier molecular flexibility index (Phi) is 4.46. The molecule has 0 fully saturated rings. The number of rotatable bonds is 5. The summed E-state index contributed by atoms with van der Waals surface area (Å²) in [5.74, 6) is 0.654. The summed E-state index contributed by atoms with van der Waals surface area (Å²) < 4.78 is 0. The minimum atomic E-state index is 0.654. The van der Waals surface area contributed by atoms with Crippen LogP contribution in [-0.2, 0) is 0 Å². The lowest BCUT2D eigenvalue weighted by Crippen LogP contribution is -2.05. The molecule has 0 spiro atoms. The number of hydrogen-bond donors (Lipinski definition) is 1. The van der Waals surface area contributed by atoms with Crippen LogP contribution in [0.2, 0.25) is 0 Å². The van der Waals surface area contributed by atoms with Gasteiger partial charge in [-0.1, -0.05) is 6.92 Å². The van der Waals surface area contributed by atoms with Gasteiger partial charge in [0, 0.05) is 30.7 Å². The van der Waals surface area contributed by atoms with E-state index in [9.17, 15) is 0 Å². The maximum atomic E-state index is 4.47. The van der Waals surface area contributed by atoms with E-state index in [1.807, 2.05) is 13.1 Å². The zero-order valence-corrected chi connectivity index (χ0v) is 11.2. The Balaban J connectivity index is 2.16. The van der Waals surface area contributed by atoms with Crippen molar-refractivity contribution in [2.24, 2.45) is 0 Å². The Morgan fingerprint density at radius 3 is 2.72 bits per heavy atom. The summed E-state index contributed by atoms with van der Waals surface area (Å²) in [5, 5.41) is 4.75. The molecule has 2 aromatic heterocycles. The molecule has 0 saturated carbocycles. The summed E-state index contributed by atoms with van der Waals surface area (Å²) in [7, 11) is 0. The molecule has 2 aromatic rings. The van der Waals surface area contributed by atoms with Crippen LogP contribution in [0.15, 0.2) is 34.8 Å². The van der Waals surface area contributed by atoms with E-state index in [-0.39, 0.29) is 0 Å². The Morgan fingerprint density at radius 1 is 1.22 bits per heavy atom. The van der Waals surface area contributed by atoms with Crippen LogP contribution in [0.25, 0.3) is 0 Å². The number of nitrogens with one attached hydrogen (secondary N) is 1. The third-order valence-corrected chi connectivity index (χ3v) is 3.19. The first kappa shape index (κ1) is 12.8. The minimum Gasteiger partial charge on any atom is -0.354 e. The van der Waals surface area contributed by atoms with E-state index in [4.69, 9.17) is 0 Å². The van der Waals surface area contributed by atoms with Crippen molar-refractivity contribution in [3.8, 4) is 0 Å². The van der Waals surface area contributed by atoms with Gasteiger partial charge in [0.05, 0.1) is 0 Å². The summed E-state index contributed by atoms with van der Waals surface area (Å²) in [6.07, 6.45) is 6.31. The van der Waals surface area contributed by atoms with Gasteiger partial charge >= 0.3 is 0 Å². The molecular formula is C12H15N5S. The highest BCUT2D eigenvalue weighted by Gasteiger charge is 2.07. The fraction of sp³-hybridized carbons (Fsp3) is 0.333. The summed E-state index contributed by atoms with van der Waals surface area (Å²) >= 11 is 1.45. The van der Waals surface area contributed by atoms with Crippen molar-refractivity contribution in [2.75, 3.05) is 11.9 Å². The van der Waals surface area contributed by atoms with Gasteiger partial charge < -0.3 is 5.32 Å². The summed E-state index contributed by atoms with van der Waals surface area (Å²) in [6, 6.07) is 1.80. The highest BCUT2D eigenvalue weighted by molar-refractivity contribution is 7.99. The zero-order chi connectivity index (χ0) is 12.8. The first-order valence-corrected chi connectivity index (χ1v) is 6.63.